The summed E-state index contributed by atoms with van der Waals surface area (Å²) in [6.45, 7) is 4.13. The van der Waals surface area contributed by atoms with E-state index in [1.54, 1.807) is 12.1 Å². The number of rotatable bonds is 4. The Kier molecular flexibility index (Phi) is 3.64. The largest absolute Gasteiger partial charge is 0.459 e. The van der Waals surface area contributed by atoms with E-state index in [2.05, 4.69) is 18.9 Å². The molecule has 4 nitrogen and oxygen atoms in total. The Morgan fingerprint density at radius 2 is 1.86 bits per heavy atom. The van der Waals surface area contributed by atoms with Crippen LogP contribution < -0.4 is 0 Å². The molecule has 0 bridgehead atoms. The molecule has 0 fully saturated rings. The van der Waals surface area contributed by atoms with Crippen LogP contribution in [-0.4, -0.2) is 16.1 Å². The van der Waals surface area contributed by atoms with Gasteiger partial charge in [0.15, 0.2) is 0 Å². The van der Waals surface area contributed by atoms with Crippen molar-refractivity contribution in [2.24, 2.45) is 0 Å². The zero-order chi connectivity index (χ0) is 14.8. The zero-order valence-electron chi connectivity index (χ0n) is 12.0. The summed E-state index contributed by atoms with van der Waals surface area (Å²) in [4.78, 5) is 0. The Labute approximate surface area is 122 Å². The van der Waals surface area contributed by atoms with Crippen LogP contribution in [-0.2, 0) is 15.9 Å². The van der Waals surface area contributed by atoms with Crippen LogP contribution in [0.5, 0.6) is 0 Å². The minimum atomic E-state index is -0.325. The lowest BCUT2D eigenvalue weighted by Gasteiger charge is -2.15. The van der Waals surface area contributed by atoms with Gasteiger partial charge in [-0.15, -0.1) is 0 Å². The highest BCUT2D eigenvalue weighted by atomic mass is 19.1. The average molecular weight is 288 g/mol. The first kappa shape index (κ1) is 13.7. The SMILES string of the molecule is CC(C)n1ncc(CC2OC=CO2)c1-c1ccc(F)cc1. The Hall–Kier alpha value is -2.30. The Balaban J connectivity index is 1.98. The summed E-state index contributed by atoms with van der Waals surface area (Å²) in [6.07, 6.45) is 5.16. The highest BCUT2D eigenvalue weighted by molar-refractivity contribution is 5.63. The fourth-order valence-electron chi connectivity index (χ4n) is 2.41. The Morgan fingerprint density at radius 1 is 1.19 bits per heavy atom. The molecule has 0 amide bonds. The van der Waals surface area contributed by atoms with E-state index in [1.165, 1.54) is 24.7 Å². The van der Waals surface area contributed by atoms with Crippen LogP contribution in [0.1, 0.15) is 25.5 Å². The van der Waals surface area contributed by atoms with Gasteiger partial charge in [0, 0.05) is 17.2 Å². The highest BCUT2D eigenvalue weighted by Crippen LogP contribution is 2.28. The molecule has 0 aliphatic carbocycles. The first-order valence-corrected chi connectivity index (χ1v) is 6.93. The third-order valence-corrected chi connectivity index (χ3v) is 3.38. The van der Waals surface area contributed by atoms with Gasteiger partial charge in [-0.3, -0.25) is 4.68 Å². The number of hydrogen-bond donors (Lipinski definition) is 0. The van der Waals surface area contributed by atoms with E-state index in [0.29, 0.717) is 6.42 Å². The molecule has 21 heavy (non-hydrogen) atoms. The van der Waals surface area contributed by atoms with E-state index in [-0.39, 0.29) is 18.1 Å². The van der Waals surface area contributed by atoms with Crippen molar-refractivity contribution in [2.45, 2.75) is 32.6 Å². The van der Waals surface area contributed by atoms with Gasteiger partial charge in [-0.05, 0) is 38.1 Å². The fourth-order valence-corrected chi connectivity index (χ4v) is 2.41. The first-order valence-electron chi connectivity index (χ1n) is 6.93. The van der Waals surface area contributed by atoms with Crippen molar-refractivity contribution in [1.29, 1.82) is 0 Å². The lowest BCUT2D eigenvalue weighted by molar-refractivity contribution is -0.0208. The smallest absolute Gasteiger partial charge is 0.243 e. The summed E-state index contributed by atoms with van der Waals surface area (Å²) in [7, 11) is 0. The number of benzene rings is 1. The predicted octanol–water partition coefficient (Wildman–Crippen LogP) is 3.66. The maximum absolute atomic E-state index is 13.1. The normalized spacial score (nSPS) is 14.5. The molecule has 0 unspecified atom stereocenters. The second-order valence-corrected chi connectivity index (χ2v) is 5.24. The van der Waals surface area contributed by atoms with Crippen molar-refractivity contribution in [3.05, 3.63) is 54.4 Å². The van der Waals surface area contributed by atoms with Crippen molar-refractivity contribution >= 4 is 0 Å². The summed E-state index contributed by atoms with van der Waals surface area (Å²) in [5.41, 5.74) is 2.93. The standard InChI is InChI=1S/C16H17FN2O2/c1-11(2)19-16(12-3-5-14(17)6-4-12)13(10-18-19)9-15-20-7-8-21-15/h3-8,10-11,15H,9H2,1-2H3. The second-order valence-electron chi connectivity index (χ2n) is 5.24. The minimum Gasteiger partial charge on any atom is -0.459 e. The number of nitrogens with zero attached hydrogens (tertiary/aromatic N) is 2. The van der Waals surface area contributed by atoms with Crippen LogP contribution in [0.3, 0.4) is 0 Å². The molecule has 0 spiro atoms. The van der Waals surface area contributed by atoms with Crippen molar-refractivity contribution in [3.63, 3.8) is 0 Å². The first-order chi connectivity index (χ1) is 10.1. The molecule has 0 N–H and O–H groups in total. The number of aromatic nitrogens is 2. The summed E-state index contributed by atoms with van der Waals surface area (Å²) in [5.74, 6) is -0.248. The molecule has 2 heterocycles. The van der Waals surface area contributed by atoms with E-state index in [0.717, 1.165) is 16.8 Å². The third-order valence-electron chi connectivity index (χ3n) is 3.38. The van der Waals surface area contributed by atoms with Crippen LogP contribution in [0.4, 0.5) is 4.39 Å². The molecule has 3 rings (SSSR count). The molecule has 0 saturated carbocycles. The van der Waals surface area contributed by atoms with Gasteiger partial charge in [0.05, 0.1) is 18.3 Å². The molecule has 110 valence electrons. The van der Waals surface area contributed by atoms with E-state index < -0.39 is 0 Å². The quantitative estimate of drug-likeness (QED) is 0.861. The van der Waals surface area contributed by atoms with E-state index in [1.807, 2.05) is 10.9 Å². The van der Waals surface area contributed by atoms with Crippen LogP contribution in [0, 0.1) is 5.82 Å². The Bertz CT molecular complexity index is 639. The van der Waals surface area contributed by atoms with Crippen LogP contribution in [0.15, 0.2) is 43.0 Å². The van der Waals surface area contributed by atoms with Gasteiger partial charge in [-0.1, -0.05) is 0 Å². The van der Waals surface area contributed by atoms with Gasteiger partial charge in [-0.25, -0.2) is 4.39 Å². The molecule has 0 saturated heterocycles. The van der Waals surface area contributed by atoms with Gasteiger partial charge in [0.1, 0.15) is 18.3 Å². The van der Waals surface area contributed by atoms with Crippen molar-refractivity contribution in [2.75, 3.05) is 0 Å². The van der Waals surface area contributed by atoms with Crippen molar-refractivity contribution in [1.82, 2.24) is 9.78 Å². The van der Waals surface area contributed by atoms with E-state index in [4.69, 9.17) is 9.47 Å². The summed E-state index contributed by atoms with van der Waals surface area (Å²) >= 11 is 0. The van der Waals surface area contributed by atoms with Gasteiger partial charge in [0.2, 0.25) is 6.29 Å². The van der Waals surface area contributed by atoms with Gasteiger partial charge < -0.3 is 9.47 Å². The maximum atomic E-state index is 13.1. The molecular weight excluding hydrogens is 271 g/mol. The molecule has 1 aromatic carbocycles. The van der Waals surface area contributed by atoms with Crippen molar-refractivity contribution < 1.29 is 13.9 Å². The minimum absolute atomic E-state index is 0.211. The van der Waals surface area contributed by atoms with Gasteiger partial charge in [0.25, 0.3) is 0 Å². The number of halogens is 1. The Morgan fingerprint density at radius 3 is 2.48 bits per heavy atom. The summed E-state index contributed by atoms with van der Waals surface area (Å²) in [5, 5.41) is 4.45. The summed E-state index contributed by atoms with van der Waals surface area (Å²) < 4.78 is 25.8. The summed E-state index contributed by atoms with van der Waals surface area (Å²) in [6, 6.07) is 6.66. The van der Waals surface area contributed by atoms with Crippen LogP contribution in [0.2, 0.25) is 0 Å². The van der Waals surface area contributed by atoms with E-state index in [9.17, 15) is 4.39 Å². The van der Waals surface area contributed by atoms with Gasteiger partial charge >= 0.3 is 0 Å². The average Bonchev–Trinajstić information content (AvgIpc) is 3.10. The topological polar surface area (TPSA) is 36.3 Å². The molecule has 5 heteroatoms. The predicted molar refractivity (Wildman–Crippen MR) is 76.8 cm³/mol. The van der Waals surface area contributed by atoms with Crippen LogP contribution in [0.25, 0.3) is 11.3 Å². The van der Waals surface area contributed by atoms with Crippen LogP contribution >= 0.6 is 0 Å². The fraction of sp³-hybridized carbons (Fsp3) is 0.312. The lowest BCUT2D eigenvalue weighted by atomic mass is 10.0. The van der Waals surface area contributed by atoms with E-state index >= 15 is 0 Å². The third kappa shape index (κ3) is 2.77. The highest BCUT2D eigenvalue weighted by Gasteiger charge is 2.21. The molecule has 1 aliphatic rings. The lowest BCUT2D eigenvalue weighted by Crippen LogP contribution is -2.12. The number of hydrogen-bond acceptors (Lipinski definition) is 3. The maximum Gasteiger partial charge on any atom is 0.243 e. The van der Waals surface area contributed by atoms with Gasteiger partial charge in [-0.2, -0.15) is 5.10 Å². The molecule has 1 aromatic heterocycles. The zero-order valence-corrected chi connectivity index (χ0v) is 12.0. The molecule has 0 atom stereocenters. The molecule has 0 radical (unpaired) electrons. The monoisotopic (exact) mass is 288 g/mol. The molecular formula is C16H17FN2O2. The molecule has 1 aliphatic heterocycles. The van der Waals surface area contributed by atoms with Crippen molar-refractivity contribution in [3.8, 4) is 11.3 Å². The molecule has 2 aromatic rings. The second kappa shape index (κ2) is 5.60. The number of ether oxygens (including phenoxy) is 2.